The van der Waals surface area contributed by atoms with Crippen molar-refractivity contribution >= 4 is 9.84 Å². The van der Waals surface area contributed by atoms with Crippen LogP contribution in [0.15, 0.2) is 0 Å². The predicted molar refractivity (Wildman–Crippen MR) is 66.6 cm³/mol. The SMILES string of the molecule is CC1(NCC2(C)COCC2N)CCS(=O)(=O)C1. The number of nitrogens with two attached hydrogens (primary N) is 1. The molecule has 2 aliphatic heterocycles. The summed E-state index contributed by atoms with van der Waals surface area (Å²) >= 11 is 0. The molecule has 2 saturated heterocycles. The molecule has 0 radical (unpaired) electrons. The fourth-order valence-corrected chi connectivity index (χ4v) is 4.60. The Morgan fingerprint density at radius 2 is 2.18 bits per heavy atom. The Morgan fingerprint density at radius 3 is 2.65 bits per heavy atom. The zero-order chi connectivity index (χ0) is 12.7. The maximum Gasteiger partial charge on any atom is 0.152 e. The molecule has 3 atom stereocenters. The second kappa shape index (κ2) is 4.19. The lowest BCUT2D eigenvalue weighted by molar-refractivity contribution is 0.152. The summed E-state index contributed by atoms with van der Waals surface area (Å²) in [6.07, 6.45) is 0.682. The van der Waals surface area contributed by atoms with Crippen LogP contribution in [0.3, 0.4) is 0 Å². The lowest BCUT2D eigenvalue weighted by atomic mass is 9.84. The first-order valence-corrected chi connectivity index (χ1v) is 7.86. The summed E-state index contributed by atoms with van der Waals surface area (Å²) in [5.74, 6) is 0.516. The molecule has 17 heavy (non-hydrogen) atoms. The van der Waals surface area contributed by atoms with E-state index < -0.39 is 9.84 Å². The van der Waals surface area contributed by atoms with Crippen LogP contribution in [0.1, 0.15) is 20.3 Å². The lowest BCUT2D eigenvalue weighted by Gasteiger charge is -2.33. The van der Waals surface area contributed by atoms with Crippen molar-refractivity contribution in [3.05, 3.63) is 0 Å². The molecule has 2 rings (SSSR count). The number of hydrogen-bond acceptors (Lipinski definition) is 5. The summed E-state index contributed by atoms with van der Waals surface area (Å²) in [5.41, 5.74) is 5.62. The summed E-state index contributed by atoms with van der Waals surface area (Å²) in [5, 5.41) is 3.39. The molecule has 2 fully saturated rings. The van der Waals surface area contributed by atoms with Gasteiger partial charge in [-0.05, 0) is 13.3 Å². The molecule has 3 N–H and O–H groups in total. The normalized spacial score (nSPS) is 45.2. The Labute approximate surface area is 103 Å². The smallest absolute Gasteiger partial charge is 0.152 e. The van der Waals surface area contributed by atoms with E-state index >= 15 is 0 Å². The van der Waals surface area contributed by atoms with E-state index in [0.29, 0.717) is 26.2 Å². The van der Waals surface area contributed by atoms with Gasteiger partial charge in [0, 0.05) is 23.5 Å². The van der Waals surface area contributed by atoms with E-state index in [1.807, 2.05) is 6.92 Å². The highest BCUT2D eigenvalue weighted by Crippen LogP contribution is 2.29. The van der Waals surface area contributed by atoms with Gasteiger partial charge in [-0.2, -0.15) is 0 Å². The van der Waals surface area contributed by atoms with E-state index in [4.69, 9.17) is 10.5 Å². The largest absolute Gasteiger partial charge is 0.379 e. The Hall–Kier alpha value is -0.170. The molecule has 0 spiro atoms. The molecule has 3 unspecified atom stereocenters. The zero-order valence-corrected chi connectivity index (χ0v) is 11.3. The second-order valence-electron chi connectivity index (χ2n) is 6.03. The monoisotopic (exact) mass is 262 g/mol. The van der Waals surface area contributed by atoms with Gasteiger partial charge in [-0.25, -0.2) is 8.42 Å². The molecular weight excluding hydrogens is 240 g/mol. The third kappa shape index (κ3) is 2.81. The van der Waals surface area contributed by atoms with Crippen molar-refractivity contribution in [1.29, 1.82) is 0 Å². The average molecular weight is 262 g/mol. The molecule has 2 aliphatic rings. The summed E-state index contributed by atoms with van der Waals surface area (Å²) in [6, 6.07) is 0.0246. The number of ether oxygens (including phenoxy) is 1. The molecule has 0 bridgehead atoms. The Bertz CT molecular complexity index is 398. The van der Waals surface area contributed by atoms with Crippen molar-refractivity contribution in [3.63, 3.8) is 0 Å². The van der Waals surface area contributed by atoms with Gasteiger partial charge in [0.15, 0.2) is 9.84 Å². The molecule has 0 aromatic heterocycles. The fourth-order valence-electron chi connectivity index (χ4n) is 2.47. The number of sulfone groups is 1. The lowest BCUT2D eigenvalue weighted by Crippen LogP contribution is -2.52. The molecule has 0 saturated carbocycles. The summed E-state index contributed by atoms with van der Waals surface area (Å²) in [7, 11) is -2.86. The first-order chi connectivity index (χ1) is 7.75. The fraction of sp³-hybridized carbons (Fsp3) is 1.00. The third-order valence-corrected chi connectivity index (χ3v) is 5.95. The minimum atomic E-state index is -2.86. The van der Waals surface area contributed by atoms with Crippen LogP contribution in [-0.4, -0.2) is 51.3 Å². The highest BCUT2D eigenvalue weighted by atomic mass is 32.2. The molecule has 0 aliphatic carbocycles. The van der Waals surface area contributed by atoms with Gasteiger partial charge in [0.2, 0.25) is 0 Å². The van der Waals surface area contributed by atoms with Gasteiger partial charge in [0.05, 0.1) is 24.7 Å². The molecule has 2 heterocycles. The maximum atomic E-state index is 11.5. The van der Waals surface area contributed by atoms with E-state index in [-0.39, 0.29) is 28.5 Å². The van der Waals surface area contributed by atoms with Gasteiger partial charge in [-0.3, -0.25) is 0 Å². The second-order valence-corrected chi connectivity index (χ2v) is 8.22. The van der Waals surface area contributed by atoms with Crippen LogP contribution in [-0.2, 0) is 14.6 Å². The van der Waals surface area contributed by atoms with E-state index in [0.717, 1.165) is 0 Å². The first kappa shape index (κ1) is 13.3. The van der Waals surface area contributed by atoms with Gasteiger partial charge in [-0.1, -0.05) is 6.92 Å². The van der Waals surface area contributed by atoms with Crippen molar-refractivity contribution < 1.29 is 13.2 Å². The van der Waals surface area contributed by atoms with E-state index in [2.05, 4.69) is 12.2 Å². The van der Waals surface area contributed by atoms with Crippen molar-refractivity contribution in [2.75, 3.05) is 31.3 Å². The van der Waals surface area contributed by atoms with Crippen LogP contribution >= 0.6 is 0 Å². The van der Waals surface area contributed by atoms with Crippen molar-refractivity contribution in [2.45, 2.75) is 31.8 Å². The summed E-state index contributed by atoms with van der Waals surface area (Å²) in [4.78, 5) is 0. The topological polar surface area (TPSA) is 81.4 Å². The first-order valence-electron chi connectivity index (χ1n) is 6.04. The van der Waals surface area contributed by atoms with Crippen LogP contribution < -0.4 is 11.1 Å². The van der Waals surface area contributed by atoms with Crippen LogP contribution in [0.5, 0.6) is 0 Å². The van der Waals surface area contributed by atoms with Gasteiger partial charge < -0.3 is 15.8 Å². The molecular formula is C11H22N2O3S. The standard InChI is InChI=1S/C11H22N2O3S/c1-10(7-16-5-9(10)12)6-13-11(2)3-4-17(14,15)8-11/h9,13H,3-8,12H2,1-2H3. The molecule has 0 aromatic rings. The Kier molecular flexibility index (Phi) is 3.27. The van der Waals surface area contributed by atoms with Crippen LogP contribution in [0, 0.1) is 5.41 Å². The zero-order valence-electron chi connectivity index (χ0n) is 10.5. The summed E-state index contributed by atoms with van der Waals surface area (Å²) in [6.45, 7) is 6.00. The Morgan fingerprint density at radius 1 is 1.47 bits per heavy atom. The molecule has 0 amide bonds. The predicted octanol–water partition coefficient (Wildman–Crippen LogP) is -0.483. The van der Waals surface area contributed by atoms with Crippen molar-refractivity contribution in [3.8, 4) is 0 Å². The number of hydrogen-bond donors (Lipinski definition) is 2. The highest BCUT2D eigenvalue weighted by Gasteiger charge is 2.42. The van der Waals surface area contributed by atoms with Crippen molar-refractivity contribution in [2.24, 2.45) is 11.1 Å². The van der Waals surface area contributed by atoms with Gasteiger partial charge >= 0.3 is 0 Å². The van der Waals surface area contributed by atoms with Crippen LogP contribution in [0.2, 0.25) is 0 Å². The van der Waals surface area contributed by atoms with Crippen LogP contribution in [0.25, 0.3) is 0 Å². The minimum Gasteiger partial charge on any atom is -0.379 e. The van der Waals surface area contributed by atoms with Gasteiger partial charge in [0.25, 0.3) is 0 Å². The molecule has 5 nitrogen and oxygen atoms in total. The van der Waals surface area contributed by atoms with E-state index in [9.17, 15) is 8.42 Å². The minimum absolute atomic E-state index is 0.0246. The average Bonchev–Trinajstić information content (AvgIpc) is 2.68. The molecule has 0 aromatic carbocycles. The quantitative estimate of drug-likeness (QED) is 0.718. The number of nitrogens with one attached hydrogen (secondary N) is 1. The molecule has 6 heteroatoms. The Balaban J connectivity index is 1.95. The van der Waals surface area contributed by atoms with Gasteiger partial charge in [0.1, 0.15) is 0 Å². The van der Waals surface area contributed by atoms with E-state index in [1.54, 1.807) is 0 Å². The maximum absolute atomic E-state index is 11.5. The van der Waals surface area contributed by atoms with Crippen LogP contribution in [0.4, 0.5) is 0 Å². The van der Waals surface area contributed by atoms with E-state index in [1.165, 1.54) is 0 Å². The molecule has 100 valence electrons. The third-order valence-electron chi connectivity index (χ3n) is 4.05. The van der Waals surface area contributed by atoms with Crippen molar-refractivity contribution in [1.82, 2.24) is 5.32 Å². The number of rotatable bonds is 3. The highest BCUT2D eigenvalue weighted by molar-refractivity contribution is 7.91. The van der Waals surface area contributed by atoms with Gasteiger partial charge in [-0.15, -0.1) is 0 Å². The summed E-state index contributed by atoms with van der Waals surface area (Å²) < 4.78 is 28.4.